The number of carbonyl (C=O) groups excluding carboxylic acids is 1. The lowest BCUT2D eigenvalue weighted by molar-refractivity contribution is -0.122. The van der Waals surface area contributed by atoms with Crippen molar-refractivity contribution in [2.75, 3.05) is 32.7 Å². The third-order valence-corrected chi connectivity index (χ3v) is 7.64. The SMILES string of the molecule is CCC(C)c1ccc(S(=O)(=O)N2CCN(CC(=O)NCc3ccccc3)CC2)cc1. The molecule has 1 amide bonds. The molecule has 0 radical (unpaired) electrons. The molecule has 1 heterocycles. The van der Waals surface area contributed by atoms with Crippen LogP contribution >= 0.6 is 0 Å². The summed E-state index contributed by atoms with van der Waals surface area (Å²) in [4.78, 5) is 14.5. The van der Waals surface area contributed by atoms with Gasteiger partial charge in [0, 0.05) is 32.7 Å². The van der Waals surface area contributed by atoms with Gasteiger partial charge in [-0.1, -0.05) is 56.3 Å². The Balaban J connectivity index is 1.50. The minimum atomic E-state index is -3.50. The van der Waals surface area contributed by atoms with Crippen LogP contribution in [0.3, 0.4) is 0 Å². The van der Waals surface area contributed by atoms with Crippen molar-refractivity contribution in [2.45, 2.75) is 37.6 Å². The first kappa shape index (κ1) is 22.5. The van der Waals surface area contributed by atoms with Crippen molar-refractivity contribution in [3.63, 3.8) is 0 Å². The fourth-order valence-corrected chi connectivity index (χ4v) is 4.96. The summed E-state index contributed by atoms with van der Waals surface area (Å²) in [5.41, 5.74) is 2.21. The third kappa shape index (κ3) is 5.68. The molecule has 3 rings (SSSR count). The Hall–Kier alpha value is -2.22. The maximum atomic E-state index is 13.0. The van der Waals surface area contributed by atoms with Gasteiger partial charge in [-0.2, -0.15) is 4.31 Å². The van der Waals surface area contributed by atoms with Gasteiger partial charge in [0.1, 0.15) is 0 Å². The number of carbonyl (C=O) groups is 1. The highest BCUT2D eigenvalue weighted by Crippen LogP contribution is 2.23. The highest BCUT2D eigenvalue weighted by Gasteiger charge is 2.29. The van der Waals surface area contributed by atoms with Crippen molar-refractivity contribution in [3.8, 4) is 0 Å². The standard InChI is InChI=1S/C23H31N3O3S/c1-3-19(2)21-9-11-22(12-10-21)30(28,29)26-15-13-25(14-16-26)18-23(27)24-17-20-7-5-4-6-8-20/h4-12,19H,3,13-18H2,1-2H3,(H,24,27). The number of benzene rings is 2. The van der Waals surface area contributed by atoms with E-state index in [0.29, 0.717) is 43.5 Å². The number of hydrogen-bond acceptors (Lipinski definition) is 4. The Labute approximate surface area is 179 Å². The summed E-state index contributed by atoms with van der Waals surface area (Å²) in [6.07, 6.45) is 1.02. The summed E-state index contributed by atoms with van der Waals surface area (Å²) >= 11 is 0. The van der Waals surface area contributed by atoms with Gasteiger partial charge in [-0.05, 0) is 35.6 Å². The van der Waals surface area contributed by atoms with Gasteiger partial charge in [-0.25, -0.2) is 8.42 Å². The Morgan fingerprint density at radius 1 is 1.00 bits per heavy atom. The topological polar surface area (TPSA) is 69.7 Å². The average molecular weight is 430 g/mol. The molecule has 0 saturated carbocycles. The van der Waals surface area contributed by atoms with Crippen LogP contribution in [0, 0.1) is 0 Å². The molecule has 1 N–H and O–H groups in total. The molecule has 0 aromatic heterocycles. The van der Waals surface area contributed by atoms with Gasteiger partial charge in [-0.15, -0.1) is 0 Å². The second-order valence-electron chi connectivity index (χ2n) is 7.82. The summed E-state index contributed by atoms with van der Waals surface area (Å²) in [5, 5.41) is 2.92. The van der Waals surface area contributed by atoms with Crippen molar-refractivity contribution in [1.29, 1.82) is 0 Å². The first-order valence-electron chi connectivity index (χ1n) is 10.5. The maximum absolute atomic E-state index is 13.0. The van der Waals surface area contributed by atoms with E-state index in [4.69, 9.17) is 0 Å². The molecular weight excluding hydrogens is 398 g/mol. The van der Waals surface area contributed by atoms with Gasteiger partial charge in [0.05, 0.1) is 11.4 Å². The van der Waals surface area contributed by atoms with Gasteiger partial charge in [0.25, 0.3) is 0 Å². The zero-order valence-corrected chi connectivity index (χ0v) is 18.6. The molecule has 1 unspecified atom stereocenters. The van der Waals surface area contributed by atoms with Crippen LogP contribution in [0.2, 0.25) is 0 Å². The monoisotopic (exact) mass is 429 g/mol. The molecule has 6 nitrogen and oxygen atoms in total. The fourth-order valence-electron chi connectivity index (χ4n) is 3.54. The molecule has 30 heavy (non-hydrogen) atoms. The zero-order valence-electron chi connectivity index (χ0n) is 17.8. The minimum Gasteiger partial charge on any atom is -0.351 e. The van der Waals surface area contributed by atoms with E-state index in [2.05, 4.69) is 19.2 Å². The minimum absolute atomic E-state index is 0.0456. The lowest BCUT2D eigenvalue weighted by Gasteiger charge is -2.33. The smallest absolute Gasteiger partial charge is 0.243 e. The predicted octanol–water partition coefficient (Wildman–Crippen LogP) is 2.82. The number of sulfonamides is 1. The van der Waals surface area contributed by atoms with Crippen LogP contribution in [0.4, 0.5) is 0 Å². The second-order valence-corrected chi connectivity index (χ2v) is 9.76. The average Bonchev–Trinajstić information content (AvgIpc) is 2.78. The van der Waals surface area contributed by atoms with Crippen LogP contribution in [0.25, 0.3) is 0 Å². The highest BCUT2D eigenvalue weighted by atomic mass is 32.2. The van der Waals surface area contributed by atoms with E-state index in [9.17, 15) is 13.2 Å². The molecule has 2 aromatic rings. The number of piperazine rings is 1. The molecule has 0 spiro atoms. The van der Waals surface area contributed by atoms with Crippen LogP contribution in [0.15, 0.2) is 59.5 Å². The number of nitrogens with one attached hydrogen (secondary N) is 1. The van der Waals surface area contributed by atoms with E-state index in [1.54, 1.807) is 12.1 Å². The van der Waals surface area contributed by atoms with Crippen molar-refractivity contribution in [2.24, 2.45) is 0 Å². The molecule has 162 valence electrons. The van der Waals surface area contributed by atoms with Crippen molar-refractivity contribution >= 4 is 15.9 Å². The molecule has 1 saturated heterocycles. The van der Waals surface area contributed by atoms with Crippen molar-refractivity contribution < 1.29 is 13.2 Å². The molecule has 0 bridgehead atoms. The summed E-state index contributed by atoms with van der Waals surface area (Å²) < 4.78 is 27.4. The van der Waals surface area contributed by atoms with E-state index in [1.165, 1.54) is 4.31 Å². The Morgan fingerprint density at radius 3 is 2.23 bits per heavy atom. The first-order valence-corrected chi connectivity index (χ1v) is 12.0. The predicted molar refractivity (Wildman–Crippen MR) is 119 cm³/mol. The fraction of sp³-hybridized carbons (Fsp3) is 0.435. The molecule has 1 aliphatic rings. The van der Waals surface area contributed by atoms with Crippen LogP contribution in [0.1, 0.15) is 37.3 Å². The van der Waals surface area contributed by atoms with E-state index >= 15 is 0 Å². The van der Waals surface area contributed by atoms with E-state index in [1.807, 2.05) is 47.4 Å². The molecule has 1 aliphatic heterocycles. The van der Waals surface area contributed by atoms with Crippen LogP contribution in [-0.4, -0.2) is 56.3 Å². The van der Waals surface area contributed by atoms with Gasteiger partial charge < -0.3 is 5.32 Å². The van der Waals surface area contributed by atoms with Gasteiger partial charge in [0.15, 0.2) is 0 Å². The summed E-state index contributed by atoms with van der Waals surface area (Å²) in [7, 11) is -3.50. The maximum Gasteiger partial charge on any atom is 0.243 e. The molecule has 0 aliphatic carbocycles. The number of rotatable bonds is 8. The lowest BCUT2D eigenvalue weighted by Crippen LogP contribution is -2.50. The Kier molecular flexibility index (Phi) is 7.64. The highest BCUT2D eigenvalue weighted by molar-refractivity contribution is 7.89. The Bertz CT molecular complexity index is 922. The van der Waals surface area contributed by atoms with Crippen LogP contribution < -0.4 is 5.32 Å². The number of amides is 1. The molecule has 1 atom stereocenters. The molecular formula is C23H31N3O3S. The summed E-state index contributed by atoms with van der Waals surface area (Å²) in [6.45, 7) is 6.91. The van der Waals surface area contributed by atoms with E-state index < -0.39 is 10.0 Å². The quantitative estimate of drug-likeness (QED) is 0.701. The zero-order chi connectivity index (χ0) is 21.6. The van der Waals surface area contributed by atoms with Crippen molar-refractivity contribution in [3.05, 3.63) is 65.7 Å². The number of nitrogens with zero attached hydrogens (tertiary/aromatic N) is 2. The van der Waals surface area contributed by atoms with Gasteiger partial charge >= 0.3 is 0 Å². The molecule has 1 fully saturated rings. The molecule has 7 heteroatoms. The van der Waals surface area contributed by atoms with Gasteiger partial charge in [-0.3, -0.25) is 9.69 Å². The third-order valence-electron chi connectivity index (χ3n) is 5.73. The van der Waals surface area contributed by atoms with Crippen LogP contribution in [0.5, 0.6) is 0 Å². The van der Waals surface area contributed by atoms with Crippen molar-refractivity contribution in [1.82, 2.24) is 14.5 Å². The normalized spacial score (nSPS) is 16.9. The summed E-state index contributed by atoms with van der Waals surface area (Å²) in [5.74, 6) is 0.370. The Morgan fingerprint density at radius 2 is 1.63 bits per heavy atom. The van der Waals surface area contributed by atoms with E-state index in [0.717, 1.165) is 17.5 Å². The summed E-state index contributed by atoms with van der Waals surface area (Å²) in [6, 6.07) is 17.0. The molecule has 2 aromatic carbocycles. The second kappa shape index (κ2) is 10.2. The van der Waals surface area contributed by atoms with Crippen LogP contribution in [-0.2, 0) is 21.4 Å². The number of hydrogen-bond donors (Lipinski definition) is 1. The lowest BCUT2D eigenvalue weighted by atomic mass is 9.99. The van der Waals surface area contributed by atoms with E-state index in [-0.39, 0.29) is 12.5 Å². The first-order chi connectivity index (χ1) is 14.4. The largest absolute Gasteiger partial charge is 0.351 e. The van der Waals surface area contributed by atoms with Gasteiger partial charge in [0.2, 0.25) is 15.9 Å².